The molecule has 3 rings (SSSR count). The van der Waals surface area contributed by atoms with Crippen molar-refractivity contribution in [3.8, 4) is 5.75 Å². The van der Waals surface area contributed by atoms with Crippen LogP contribution in [0, 0.1) is 0 Å². The van der Waals surface area contributed by atoms with Gasteiger partial charge in [-0.1, -0.05) is 6.07 Å². The predicted molar refractivity (Wildman–Crippen MR) is 133 cm³/mol. The van der Waals surface area contributed by atoms with E-state index in [0.29, 0.717) is 0 Å². The second-order valence-corrected chi connectivity index (χ2v) is 14.2. The standard InChI is InChI=1S/C18H15BrN2O13S4/c19-14-9-11(35(23,24)6-5-34-38(31,32)33)2-4-15(14)20-21-17-13-3-1-12(36(25,26)27)7-10(13)8-16(18(17)22)37(28,29)30/h1-4,7-9,22H,5-6H2,(H,25,26,27)(H,28,29,30)(H,31,32,33). The van der Waals surface area contributed by atoms with E-state index >= 15 is 0 Å². The number of fused-ring (bicyclic) bond motifs is 1. The van der Waals surface area contributed by atoms with Crippen molar-refractivity contribution in [1.29, 1.82) is 0 Å². The largest absolute Gasteiger partial charge is 0.504 e. The van der Waals surface area contributed by atoms with Gasteiger partial charge in [-0.2, -0.15) is 25.3 Å². The third kappa shape index (κ3) is 7.09. The van der Waals surface area contributed by atoms with Gasteiger partial charge in [0.15, 0.2) is 15.6 Å². The van der Waals surface area contributed by atoms with Crippen molar-refractivity contribution < 1.29 is 56.6 Å². The predicted octanol–water partition coefficient (Wildman–Crippen LogP) is 2.81. The lowest BCUT2D eigenvalue weighted by molar-refractivity contribution is 0.284. The van der Waals surface area contributed by atoms with Gasteiger partial charge in [-0.15, -0.1) is 10.2 Å². The number of rotatable bonds is 9. The summed E-state index contributed by atoms with van der Waals surface area (Å²) in [5.74, 6) is -1.83. The molecule has 0 amide bonds. The highest BCUT2D eigenvalue weighted by molar-refractivity contribution is 9.10. The van der Waals surface area contributed by atoms with Gasteiger partial charge in [-0.3, -0.25) is 13.7 Å². The number of sulfone groups is 1. The molecule has 3 aromatic carbocycles. The molecule has 0 aliphatic rings. The van der Waals surface area contributed by atoms with Gasteiger partial charge in [0, 0.05) is 9.86 Å². The van der Waals surface area contributed by atoms with Crippen LogP contribution < -0.4 is 0 Å². The van der Waals surface area contributed by atoms with Gasteiger partial charge in [0.2, 0.25) is 0 Å². The maximum absolute atomic E-state index is 12.4. The van der Waals surface area contributed by atoms with E-state index in [1.165, 1.54) is 0 Å². The van der Waals surface area contributed by atoms with Crippen molar-refractivity contribution in [2.24, 2.45) is 10.2 Å². The quantitative estimate of drug-likeness (QED) is 0.188. The third-order valence-electron chi connectivity index (χ3n) is 4.72. The number of phenols is 1. The maximum Gasteiger partial charge on any atom is 0.397 e. The van der Waals surface area contributed by atoms with Gasteiger partial charge in [0.1, 0.15) is 10.6 Å². The van der Waals surface area contributed by atoms with E-state index in [1.807, 2.05) is 0 Å². The number of hydrogen-bond donors (Lipinski definition) is 4. The number of phenolic OH excluding ortho intramolecular Hbond substituents is 1. The minimum absolute atomic E-state index is 0.0276. The van der Waals surface area contributed by atoms with Gasteiger partial charge in [-0.05, 0) is 57.7 Å². The first-order valence-electron chi connectivity index (χ1n) is 9.60. The average Bonchev–Trinajstić information content (AvgIpc) is 2.76. The van der Waals surface area contributed by atoms with E-state index < -0.39 is 74.1 Å². The first-order chi connectivity index (χ1) is 17.3. The van der Waals surface area contributed by atoms with E-state index in [-0.39, 0.29) is 25.8 Å². The third-order valence-corrected chi connectivity index (χ3v) is 9.21. The maximum atomic E-state index is 12.4. The summed E-state index contributed by atoms with van der Waals surface area (Å²) in [5, 5.41) is 17.9. The Kier molecular flexibility index (Phi) is 8.32. The number of azo groups is 1. The molecule has 20 heteroatoms. The van der Waals surface area contributed by atoms with Crippen LogP contribution in [0.4, 0.5) is 11.4 Å². The van der Waals surface area contributed by atoms with Crippen molar-refractivity contribution in [3.05, 3.63) is 46.9 Å². The van der Waals surface area contributed by atoms with Crippen molar-refractivity contribution in [1.82, 2.24) is 0 Å². The van der Waals surface area contributed by atoms with Crippen LogP contribution in [0.1, 0.15) is 0 Å². The lowest BCUT2D eigenvalue weighted by Gasteiger charge is -2.10. The van der Waals surface area contributed by atoms with Crippen LogP contribution in [0.3, 0.4) is 0 Å². The first kappa shape index (κ1) is 30.0. The van der Waals surface area contributed by atoms with Crippen LogP contribution in [0.2, 0.25) is 0 Å². The monoisotopic (exact) mass is 674 g/mol. The Hall–Kier alpha value is -2.56. The average molecular weight is 675 g/mol. The molecule has 206 valence electrons. The first-order valence-corrected chi connectivity index (χ1v) is 16.3. The highest BCUT2D eigenvalue weighted by atomic mass is 79.9. The Labute approximate surface area is 224 Å². The number of hydrogen-bond acceptors (Lipinski definition) is 12. The zero-order chi connectivity index (χ0) is 28.7. The number of nitrogens with zero attached hydrogens (tertiary/aromatic N) is 2. The molecule has 15 nitrogen and oxygen atoms in total. The highest BCUT2D eigenvalue weighted by Gasteiger charge is 2.23. The molecule has 0 aromatic heterocycles. The van der Waals surface area contributed by atoms with E-state index in [2.05, 4.69) is 30.3 Å². The van der Waals surface area contributed by atoms with Crippen LogP contribution in [-0.4, -0.2) is 64.8 Å². The summed E-state index contributed by atoms with van der Waals surface area (Å²) in [6, 6.07) is 7.00. The van der Waals surface area contributed by atoms with Gasteiger partial charge in [0.05, 0.1) is 27.8 Å². The molecular formula is C18H15BrN2O13S4. The molecule has 0 bridgehead atoms. The Balaban J connectivity index is 2.07. The summed E-state index contributed by atoms with van der Waals surface area (Å²) in [4.78, 5) is -1.93. The van der Waals surface area contributed by atoms with Crippen LogP contribution in [0.25, 0.3) is 10.8 Å². The van der Waals surface area contributed by atoms with Crippen molar-refractivity contribution in [2.75, 3.05) is 12.4 Å². The molecule has 0 saturated carbocycles. The zero-order valence-electron chi connectivity index (χ0n) is 18.3. The van der Waals surface area contributed by atoms with Crippen molar-refractivity contribution in [3.63, 3.8) is 0 Å². The fraction of sp³-hybridized carbons (Fsp3) is 0.111. The molecule has 0 fully saturated rings. The van der Waals surface area contributed by atoms with E-state index in [9.17, 15) is 47.9 Å². The number of benzene rings is 3. The number of halogens is 1. The minimum atomic E-state index is -5.03. The summed E-state index contributed by atoms with van der Waals surface area (Å²) in [6.07, 6.45) is 0. The van der Waals surface area contributed by atoms with E-state index in [1.54, 1.807) is 0 Å². The summed E-state index contributed by atoms with van der Waals surface area (Å²) in [7, 11) is -18.6. The molecule has 0 aliphatic carbocycles. The molecular weight excluding hydrogens is 660 g/mol. The van der Waals surface area contributed by atoms with E-state index in [4.69, 9.17) is 4.55 Å². The smallest absolute Gasteiger partial charge is 0.397 e. The van der Waals surface area contributed by atoms with Gasteiger partial charge in [-0.25, -0.2) is 12.6 Å². The molecule has 38 heavy (non-hydrogen) atoms. The Bertz CT molecular complexity index is 1900. The molecule has 0 spiro atoms. The lowest BCUT2D eigenvalue weighted by Crippen LogP contribution is -2.15. The normalized spacial score (nSPS) is 13.4. The zero-order valence-corrected chi connectivity index (χ0v) is 23.2. The van der Waals surface area contributed by atoms with Crippen LogP contribution in [0.15, 0.2) is 71.9 Å². The fourth-order valence-electron chi connectivity index (χ4n) is 3.02. The summed E-state index contributed by atoms with van der Waals surface area (Å²) < 4.78 is 124. The Morgan fingerprint density at radius 1 is 0.789 bits per heavy atom. The second-order valence-electron chi connectivity index (χ2n) is 7.29. The molecule has 4 N–H and O–H groups in total. The summed E-state index contributed by atoms with van der Waals surface area (Å²) in [6.45, 7) is -0.851. The Morgan fingerprint density at radius 2 is 1.42 bits per heavy atom. The topological polar surface area (TPSA) is 251 Å². The molecule has 0 aliphatic heterocycles. The fourth-order valence-corrected chi connectivity index (χ4v) is 6.27. The molecule has 0 radical (unpaired) electrons. The minimum Gasteiger partial charge on any atom is -0.504 e. The van der Waals surface area contributed by atoms with Gasteiger partial charge in [0.25, 0.3) is 20.2 Å². The second kappa shape index (κ2) is 10.5. The van der Waals surface area contributed by atoms with Crippen molar-refractivity contribution in [2.45, 2.75) is 14.7 Å². The summed E-state index contributed by atoms with van der Waals surface area (Å²) in [5.41, 5.74) is -0.541. The lowest BCUT2D eigenvalue weighted by atomic mass is 10.1. The van der Waals surface area contributed by atoms with Crippen molar-refractivity contribution >= 4 is 78.5 Å². The van der Waals surface area contributed by atoms with Crippen LogP contribution >= 0.6 is 15.9 Å². The van der Waals surface area contributed by atoms with Crippen LogP contribution in [-0.2, 0) is 44.7 Å². The molecule has 0 saturated heterocycles. The number of aromatic hydroxyl groups is 1. The molecule has 3 aromatic rings. The van der Waals surface area contributed by atoms with Gasteiger partial charge < -0.3 is 5.11 Å². The Morgan fingerprint density at radius 3 is 1.97 bits per heavy atom. The summed E-state index contributed by atoms with van der Waals surface area (Å²) >= 11 is 3.08. The molecule has 0 heterocycles. The molecule has 0 unspecified atom stereocenters. The van der Waals surface area contributed by atoms with Gasteiger partial charge >= 0.3 is 10.4 Å². The van der Waals surface area contributed by atoms with Crippen LogP contribution in [0.5, 0.6) is 5.75 Å². The van der Waals surface area contributed by atoms with E-state index in [0.717, 1.165) is 42.5 Å². The SMILES string of the molecule is O=S(=O)(O)OCCS(=O)(=O)c1ccc(N=Nc2c(O)c(S(=O)(=O)O)cc3cc(S(=O)(=O)O)ccc23)c(Br)c1. The highest BCUT2D eigenvalue weighted by Crippen LogP contribution is 2.42. The molecule has 0 atom stereocenters.